The largest absolute Gasteiger partial charge is 0.490 e. The number of nitrogens with zero attached hydrogens (tertiary/aromatic N) is 3. The molecule has 0 saturated carbocycles. The Labute approximate surface area is 222 Å². The molecule has 4 heterocycles. The molecule has 222 valence electrons. The molecule has 18 heteroatoms. The van der Waals surface area contributed by atoms with Gasteiger partial charge in [0.05, 0.1) is 18.1 Å². The summed E-state index contributed by atoms with van der Waals surface area (Å²) in [6.07, 6.45) is -6.44. The quantitative estimate of drug-likeness (QED) is 0.488. The van der Waals surface area contributed by atoms with Crippen LogP contribution < -0.4 is 4.74 Å². The molecule has 0 bridgehead atoms. The molecule has 0 amide bonds. The minimum Gasteiger partial charge on any atom is -0.475 e. The lowest BCUT2D eigenvalue weighted by Crippen LogP contribution is -2.67. The number of aliphatic carboxylic acids is 2. The van der Waals surface area contributed by atoms with Crippen molar-refractivity contribution in [2.45, 2.75) is 30.1 Å². The second-order valence-electron chi connectivity index (χ2n) is 8.54. The zero-order chi connectivity index (χ0) is 30.4. The zero-order valence-electron chi connectivity index (χ0n) is 20.2. The van der Waals surface area contributed by atoms with Crippen LogP contribution in [0, 0.1) is 11.7 Å². The average Bonchev–Trinajstić information content (AvgIpc) is 3.09. The SMILES string of the molecule is O=C(O)C(F)(F)F.O=C(O)C(F)(F)F.O=S1(=O)CCC(COc2ncccc2F)C12CN(Cc1ccccn1)C2. The highest BCUT2D eigenvalue weighted by Crippen LogP contribution is 2.45. The van der Waals surface area contributed by atoms with Gasteiger partial charge in [0, 0.05) is 37.9 Å². The summed E-state index contributed by atoms with van der Waals surface area (Å²) in [5.41, 5.74) is 0.918. The van der Waals surface area contributed by atoms with Crippen LogP contribution in [0.2, 0.25) is 0 Å². The molecule has 2 aromatic heterocycles. The molecule has 1 spiro atoms. The van der Waals surface area contributed by atoms with Gasteiger partial charge in [0.1, 0.15) is 4.75 Å². The van der Waals surface area contributed by atoms with Crippen molar-refractivity contribution in [2.75, 3.05) is 25.4 Å². The Morgan fingerprint density at radius 2 is 1.52 bits per heavy atom. The third kappa shape index (κ3) is 8.48. The van der Waals surface area contributed by atoms with Crippen molar-refractivity contribution in [2.24, 2.45) is 5.92 Å². The van der Waals surface area contributed by atoms with E-state index in [1.54, 1.807) is 6.20 Å². The number of carbonyl (C=O) groups is 2. The van der Waals surface area contributed by atoms with E-state index in [9.17, 15) is 39.2 Å². The highest BCUT2D eigenvalue weighted by atomic mass is 32.2. The van der Waals surface area contributed by atoms with E-state index in [0.717, 1.165) is 5.69 Å². The molecule has 2 aromatic rings. The minimum absolute atomic E-state index is 0.0726. The zero-order valence-corrected chi connectivity index (χ0v) is 21.0. The summed E-state index contributed by atoms with van der Waals surface area (Å²) in [4.78, 5) is 28.0. The molecule has 0 aliphatic carbocycles. The molecule has 0 radical (unpaired) electrons. The molecular formula is C22H22F7N3O7S. The number of ether oxygens (including phenoxy) is 1. The second-order valence-corrected chi connectivity index (χ2v) is 11.0. The van der Waals surface area contributed by atoms with Crippen LogP contribution in [-0.2, 0) is 26.0 Å². The van der Waals surface area contributed by atoms with Crippen molar-refractivity contribution >= 4 is 21.8 Å². The van der Waals surface area contributed by atoms with Gasteiger partial charge in [-0.3, -0.25) is 9.88 Å². The number of carboxylic acid groups (broad SMARTS) is 2. The van der Waals surface area contributed by atoms with Crippen LogP contribution in [0.15, 0.2) is 42.7 Å². The van der Waals surface area contributed by atoms with Gasteiger partial charge in [-0.2, -0.15) is 26.3 Å². The third-order valence-electron chi connectivity index (χ3n) is 5.82. The van der Waals surface area contributed by atoms with E-state index >= 15 is 0 Å². The van der Waals surface area contributed by atoms with Gasteiger partial charge in [-0.05, 0) is 30.7 Å². The van der Waals surface area contributed by atoms with Crippen LogP contribution in [0.5, 0.6) is 5.88 Å². The van der Waals surface area contributed by atoms with E-state index in [2.05, 4.69) is 14.9 Å². The van der Waals surface area contributed by atoms with Gasteiger partial charge in [0.15, 0.2) is 15.7 Å². The molecule has 2 aliphatic heterocycles. The molecule has 40 heavy (non-hydrogen) atoms. The van der Waals surface area contributed by atoms with E-state index in [-0.39, 0.29) is 24.2 Å². The van der Waals surface area contributed by atoms with Crippen LogP contribution in [-0.4, -0.2) is 88.0 Å². The fraction of sp³-hybridized carbons (Fsp3) is 0.455. The number of carboxylic acids is 2. The Kier molecular flexibility index (Phi) is 10.4. The Balaban J connectivity index is 0.000000333. The maximum Gasteiger partial charge on any atom is 0.490 e. The number of halogens is 7. The number of hydrogen-bond acceptors (Lipinski definition) is 8. The van der Waals surface area contributed by atoms with Gasteiger partial charge < -0.3 is 14.9 Å². The van der Waals surface area contributed by atoms with Crippen molar-refractivity contribution in [3.8, 4) is 5.88 Å². The number of sulfone groups is 1. The standard InChI is InChI=1S/C18H20FN3O3S.2C2HF3O2/c19-16-5-3-8-21-17(16)25-11-14-6-9-26(23,24)18(14)12-22(13-18)10-15-4-1-2-7-20-15;2*3-2(4,5)1(6)7/h1-5,7-8,14H,6,9-13H2;2*(H,6,7). The predicted molar refractivity (Wildman–Crippen MR) is 121 cm³/mol. The van der Waals surface area contributed by atoms with Crippen LogP contribution in [0.3, 0.4) is 0 Å². The van der Waals surface area contributed by atoms with E-state index in [1.807, 2.05) is 18.2 Å². The first kappa shape index (κ1) is 32.7. The predicted octanol–water partition coefficient (Wildman–Crippen LogP) is 2.95. The number of aromatic nitrogens is 2. The highest BCUT2D eigenvalue weighted by molar-refractivity contribution is 7.93. The maximum atomic E-state index is 13.7. The monoisotopic (exact) mass is 605 g/mol. The third-order valence-corrected chi connectivity index (χ3v) is 8.43. The van der Waals surface area contributed by atoms with E-state index in [0.29, 0.717) is 26.1 Å². The fourth-order valence-electron chi connectivity index (χ4n) is 3.91. The summed E-state index contributed by atoms with van der Waals surface area (Å²) in [7, 11) is -3.19. The highest BCUT2D eigenvalue weighted by Gasteiger charge is 2.61. The van der Waals surface area contributed by atoms with Crippen molar-refractivity contribution < 1.29 is 63.7 Å². The summed E-state index contributed by atoms with van der Waals surface area (Å²) in [5, 5.41) is 14.2. The van der Waals surface area contributed by atoms with Gasteiger partial charge >= 0.3 is 24.3 Å². The molecule has 1 unspecified atom stereocenters. The summed E-state index contributed by atoms with van der Waals surface area (Å²) >= 11 is 0. The van der Waals surface area contributed by atoms with E-state index in [4.69, 9.17) is 24.5 Å². The molecule has 2 saturated heterocycles. The molecule has 2 fully saturated rings. The number of likely N-dealkylation sites (tertiary alicyclic amines) is 1. The van der Waals surface area contributed by atoms with Crippen molar-refractivity contribution in [3.05, 3.63) is 54.2 Å². The normalized spacial score (nSPS) is 19.3. The van der Waals surface area contributed by atoms with Crippen molar-refractivity contribution in [1.29, 1.82) is 0 Å². The van der Waals surface area contributed by atoms with Crippen LogP contribution in [0.1, 0.15) is 12.1 Å². The van der Waals surface area contributed by atoms with E-state index < -0.39 is 44.7 Å². The van der Waals surface area contributed by atoms with Gasteiger partial charge in [-0.25, -0.2) is 27.4 Å². The molecule has 1 atom stereocenters. The average molecular weight is 605 g/mol. The first-order valence-corrected chi connectivity index (χ1v) is 12.7. The second kappa shape index (κ2) is 12.8. The molecule has 10 nitrogen and oxygen atoms in total. The molecule has 0 aromatic carbocycles. The Bertz CT molecular complexity index is 1250. The van der Waals surface area contributed by atoms with Gasteiger partial charge in [0.25, 0.3) is 0 Å². The topological polar surface area (TPSA) is 147 Å². The van der Waals surface area contributed by atoms with Crippen molar-refractivity contribution in [3.63, 3.8) is 0 Å². The lowest BCUT2D eigenvalue weighted by atomic mass is 9.83. The summed E-state index contributed by atoms with van der Waals surface area (Å²) in [6, 6.07) is 8.47. The lowest BCUT2D eigenvalue weighted by molar-refractivity contribution is -0.193. The summed E-state index contributed by atoms with van der Waals surface area (Å²) < 4.78 is 107. The number of rotatable bonds is 5. The lowest BCUT2D eigenvalue weighted by Gasteiger charge is -2.49. The van der Waals surface area contributed by atoms with Crippen LogP contribution in [0.25, 0.3) is 0 Å². The maximum absolute atomic E-state index is 13.7. The number of hydrogen-bond donors (Lipinski definition) is 2. The molecule has 4 rings (SSSR count). The first-order valence-electron chi connectivity index (χ1n) is 11.1. The van der Waals surface area contributed by atoms with E-state index in [1.165, 1.54) is 18.3 Å². The van der Waals surface area contributed by atoms with Crippen molar-refractivity contribution in [1.82, 2.24) is 14.9 Å². The Hall–Kier alpha value is -3.54. The Morgan fingerprint density at radius 1 is 0.975 bits per heavy atom. The van der Waals surface area contributed by atoms with Crippen LogP contribution in [0.4, 0.5) is 30.7 Å². The molecular weight excluding hydrogens is 583 g/mol. The smallest absolute Gasteiger partial charge is 0.475 e. The van der Waals surface area contributed by atoms with Gasteiger partial charge in [-0.15, -0.1) is 0 Å². The molecule has 2 aliphatic rings. The number of alkyl halides is 6. The molecule has 2 N–H and O–H groups in total. The summed E-state index contributed by atoms with van der Waals surface area (Å²) in [5.74, 6) is -6.12. The fourth-order valence-corrected chi connectivity index (χ4v) is 6.36. The number of pyridine rings is 2. The Morgan fingerprint density at radius 3 is 2.00 bits per heavy atom. The van der Waals surface area contributed by atoms with Gasteiger partial charge in [-0.1, -0.05) is 6.07 Å². The summed E-state index contributed by atoms with van der Waals surface area (Å²) in [6.45, 7) is 1.71. The minimum atomic E-state index is -5.08. The van der Waals surface area contributed by atoms with Gasteiger partial charge in [0.2, 0.25) is 5.88 Å². The first-order chi connectivity index (χ1) is 18.4. The van der Waals surface area contributed by atoms with Crippen LogP contribution >= 0.6 is 0 Å².